The van der Waals surface area contributed by atoms with E-state index in [4.69, 9.17) is 9.52 Å². The zero-order valence-corrected chi connectivity index (χ0v) is 11.1. The SMILES string of the molecule is CSCCCCNCc1cc(C(=O)O)c(C)o1. The van der Waals surface area contributed by atoms with Crippen LogP contribution < -0.4 is 5.32 Å². The molecule has 0 saturated carbocycles. The number of furan rings is 1. The van der Waals surface area contributed by atoms with E-state index in [-0.39, 0.29) is 5.56 Å². The summed E-state index contributed by atoms with van der Waals surface area (Å²) in [5, 5.41) is 12.1. The molecule has 1 rings (SSSR count). The van der Waals surface area contributed by atoms with Gasteiger partial charge in [-0.1, -0.05) is 0 Å². The van der Waals surface area contributed by atoms with Crippen LogP contribution in [0.5, 0.6) is 0 Å². The number of unbranched alkanes of at least 4 members (excludes halogenated alkanes) is 1. The summed E-state index contributed by atoms with van der Waals surface area (Å²) in [4.78, 5) is 10.8. The molecule has 5 heteroatoms. The quantitative estimate of drug-likeness (QED) is 0.701. The third kappa shape index (κ3) is 4.83. The van der Waals surface area contributed by atoms with E-state index in [2.05, 4.69) is 11.6 Å². The van der Waals surface area contributed by atoms with E-state index in [1.807, 2.05) is 11.8 Å². The normalized spacial score (nSPS) is 10.7. The third-order valence-electron chi connectivity index (χ3n) is 2.45. The fourth-order valence-electron chi connectivity index (χ4n) is 1.55. The van der Waals surface area contributed by atoms with Crippen LogP contribution in [0.25, 0.3) is 0 Å². The van der Waals surface area contributed by atoms with Crippen molar-refractivity contribution in [3.05, 3.63) is 23.2 Å². The number of thioether (sulfide) groups is 1. The van der Waals surface area contributed by atoms with E-state index >= 15 is 0 Å². The minimum Gasteiger partial charge on any atom is -0.478 e. The molecule has 1 aromatic rings. The number of hydrogen-bond donors (Lipinski definition) is 2. The largest absolute Gasteiger partial charge is 0.478 e. The first-order chi connectivity index (χ1) is 8.15. The second-order valence-electron chi connectivity index (χ2n) is 3.86. The number of aryl methyl sites for hydroxylation is 1. The Hall–Kier alpha value is -0.940. The van der Waals surface area contributed by atoms with Crippen molar-refractivity contribution in [2.45, 2.75) is 26.3 Å². The Balaban J connectivity index is 2.27. The highest BCUT2D eigenvalue weighted by atomic mass is 32.2. The Morgan fingerprint density at radius 1 is 1.53 bits per heavy atom. The topological polar surface area (TPSA) is 62.5 Å². The van der Waals surface area contributed by atoms with Gasteiger partial charge in [0.2, 0.25) is 0 Å². The van der Waals surface area contributed by atoms with Crippen molar-refractivity contribution in [1.82, 2.24) is 5.32 Å². The Kier molecular flexibility index (Phi) is 6.15. The molecule has 0 radical (unpaired) electrons. The van der Waals surface area contributed by atoms with Crippen LogP contribution in [0, 0.1) is 6.92 Å². The van der Waals surface area contributed by atoms with Gasteiger partial charge < -0.3 is 14.8 Å². The average Bonchev–Trinajstić information content (AvgIpc) is 2.65. The minimum atomic E-state index is -0.933. The number of carboxylic acid groups (broad SMARTS) is 1. The average molecular weight is 257 g/mol. The van der Waals surface area contributed by atoms with Gasteiger partial charge in [-0.25, -0.2) is 4.79 Å². The highest BCUT2D eigenvalue weighted by molar-refractivity contribution is 7.98. The maximum Gasteiger partial charge on any atom is 0.339 e. The summed E-state index contributed by atoms with van der Waals surface area (Å²) in [7, 11) is 0. The molecule has 0 spiro atoms. The maximum atomic E-state index is 10.8. The Morgan fingerprint density at radius 2 is 2.29 bits per heavy atom. The fourth-order valence-corrected chi connectivity index (χ4v) is 2.04. The number of carbonyl (C=O) groups is 1. The number of nitrogens with one attached hydrogen (secondary N) is 1. The van der Waals surface area contributed by atoms with Crippen LogP contribution in [0.15, 0.2) is 10.5 Å². The molecule has 1 aromatic heterocycles. The molecule has 0 amide bonds. The molecule has 0 aliphatic rings. The first kappa shape index (κ1) is 14.1. The van der Waals surface area contributed by atoms with Gasteiger partial charge in [-0.05, 0) is 44.4 Å². The summed E-state index contributed by atoms with van der Waals surface area (Å²) in [6.45, 7) is 3.20. The second-order valence-corrected chi connectivity index (χ2v) is 4.85. The smallest absolute Gasteiger partial charge is 0.339 e. The summed E-state index contributed by atoms with van der Waals surface area (Å²) < 4.78 is 5.36. The Bertz CT molecular complexity index is 363. The zero-order valence-electron chi connectivity index (χ0n) is 10.3. The first-order valence-corrected chi connectivity index (χ1v) is 7.06. The van der Waals surface area contributed by atoms with Gasteiger partial charge in [0.15, 0.2) is 0 Å². The maximum absolute atomic E-state index is 10.8. The van der Waals surface area contributed by atoms with Gasteiger partial charge in [0.25, 0.3) is 0 Å². The van der Waals surface area contributed by atoms with E-state index in [1.165, 1.54) is 12.2 Å². The van der Waals surface area contributed by atoms with Gasteiger partial charge in [-0.15, -0.1) is 0 Å². The molecule has 4 nitrogen and oxygen atoms in total. The number of rotatable bonds is 8. The van der Waals surface area contributed by atoms with E-state index in [0.29, 0.717) is 18.1 Å². The lowest BCUT2D eigenvalue weighted by Gasteiger charge is -2.01. The highest BCUT2D eigenvalue weighted by Gasteiger charge is 2.12. The van der Waals surface area contributed by atoms with Gasteiger partial charge in [0.05, 0.1) is 6.54 Å². The predicted octanol–water partition coefficient (Wildman–Crippen LogP) is 2.52. The molecule has 17 heavy (non-hydrogen) atoms. The number of aromatic carboxylic acids is 1. The molecule has 0 bridgehead atoms. The molecule has 0 aliphatic carbocycles. The number of carboxylic acids is 1. The van der Waals surface area contributed by atoms with E-state index < -0.39 is 5.97 Å². The van der Waals surface area contributed by atoms with Crippen LogP contribution in [0.3, 0.4) is 0 Å². The van der Waals surface area contributed by atoms with Crippen molar-refractivity contribution >= 4 is 17.7 Å². The van der Waals surface area contributed by atoms with Crippen molar-refractivity contribution in [3.8, 4) is 0 Å². The molecule has 0 aromatic carbocycles. The summed E-state index contributed by atoms with van der Waals surface area (Å²) in [6, 6.07) is 1.59. The van der Waals surface area contributed by atoms with Crippen LogP contribution in [0.2, 0.25) is 0 Å². The monoisotopic (exact) mass is 257 g/mol. The molecule has 0 saturated heterocycles. The van der Waals surface area contributed by atoms with Crippen molar-refractivity contribution in [2.24, 2.45) is 0 Å². The Morgan fingerprint density at radius 3 is 2.88 bits per heavy atom. The van der Waals surface area contributed by atoms with E-state index in [1.54, 1.807) is 13.0 Å². The Labute approximate surface area is 106 Å². The van der Waals surface area contributed by atoms with Crippen LogP contribution in [0.4, 0.5) is 0 Å². The van der Waals surface area contributed by atoms with Crippen molar-refractivity contribution < 1.29 is 14.3 Å². The van der Waals surface area contributed by atoms with Gasteiger partial charge >= 0.3 is 5.97 Å². The summed E-state index contributed by atoms with van der Waals surface area (Å²) in [5.41, 5.74) is 0.254. The molecular weight excluding hydrogens is 238 g/mol. The lowest BCUT2D eigenvalue weighted by Crippen LogP contribution is -2.14. The molecule has 1 heterocycles. The molecule has 0 atom stereocenters. The zero-order chi connectivity index (χ0) is 12.7. The molecule has 0 unspecified atom stereocenters. The van der Waals surface area contributed by atoms with Gasteiger partial charge in [0.1, 0.15) is 17.1 Å². The summed E-state index contributed by atoms with van der Waals surface area (Å²) in [5.74, 6) is 1.41. The van der Waals surface area contributed by atoms with E-state index in [0.717, 1.165) is 13.0 Å². The molecule has 0 fully saturated rings. The lowest BCUT2D eigenvalue weighted by atomic mass is 10.2. The molecular formula is C12H19NO3S. The van der Waals surface area contributed by atoms with Crippen molar-refractivity contribution in [2.75, 3.05) is 18.6 Å². The summed E-state index contributed by atoms with van der Waals surface area (Å²) >= 11 is 1.85. The predicted molar refractivity (Wildman–Crippen MR) is 69.7 cm³/mol. The number of hydrogen-bond acceptors (Lipinski definition) is 4. The molecule has 0 aliphatic heterocycles. The molecule has 2 N–H and O–H groups in total. The lowest BCUT2D eigenvalue weighted by molar-refractivity contribution is 0.0695. The van der Waals surface area contributed by atoms with Crippen LogP contribution in [-0.4, -0.2) is 29.6 Å². The van der Waals surface area contributed by atoms with Crippen molar-refractivity contribution in [1.29, 1.82) is 0 Å². The summed E-state index contributed by atoms with van der Waals surface area (Å²) in [6.07, 6.45) is 4.44. The van der Waals surface area contributed by atoms with Crippen LogP contribution >= 0.6 is 11.8 Å². The second kappa shape index (κ2) is 7.40. The van der Waals surface area contributed by atoms with Crippen LogP contribution in [0.1, 0.15) is 34.7 Å². The van der Waals surface area contributed by atoms with Gasteiger partial charge in [-0.3, -0.25) is 0 Å². The minimum absolute atomic E-state index is 0.254. The molecule has 96 valence electrons. The highest BCUT2D eigenvalue weighted by Crippen LogP contribution is 2.14. The van der Waals surface area contributed by atoms with Gasteiger partial charge in [0, 0.05) is 0 Å². The standard InChI is InChI=1S/C12H19NO3S/c1-9-11(12(14)15)7-10(16-9)8-13-5-3-4-6-17-2/h7,13H,3-6,8H2,1-2H3,(H,14,15). The fraction of sp³-hybridized carbons (Fsp3) is 0.583. The van der Waals surface area contributed by atoms with Gasteiger partial charge in [-0.2, -0.15) is 11.8 Å². The first-order valence-electron chi connectivity index (χ1n) is 5.67. The van der Waals surface area contributed by atoms with E-state index in [9.17, 15) is 4.79 Å². The third-order valence-corrected chi connectivity index (χ3v) is 3.15. The van der Waals surface area contributed by atoms with Crippen molar-refractivity contribution in [3.63, 3.8) is 0 Å². The van der Waals surface area contributed by atoms with Crippen LogP contribution in [-0.2, 0) is 6.54 Å².